The first-order valence-electron chi connectivity index (χ1n) is 4.52. The van der Waals surface area contributed by atoms with Gasteiger partial charge in [0.1, 0.15) is 5.76 Å². The van der Waals surface area contributed by atoms with Crippen LogP contribution in [0.25, 0.3) is 0 Å². The second-order valence-corrected chi connectivity index (χ2v) is 4.49. The predicted molar refractivity (Wildman–Crippen MR) is 59.4 cm³/mol. The van der Waals surface area contributed by atoms with Crippen LogP contribution in [0.5, 0.6) is 0 Å². The topological polar surface area (TPSA) is 43.7 Å². The lowest BCUT2D eigenvalue weighted by molar-refractivity contribution is 0.0283. The summed E-state index contributed by atoms with van der Waals surface area (Å²) in [5.41, 5.74) is -1.40. The molecule has 2 N–H and O–H groups in total. The van der Waals surface area contributed by atoms with Gasteiger partial charge in [0.05, 0.1) is 11.3 Å². The molecule has 0 saturated carbocycles. The van der Waals surface area contributed by atoms with Crippen molar-refractivity contribution >= 4 is 0 Å². The standard InChI is InChI=1S/C11H21NO2/c1-8(13)10(3,4)11(5,9(2)14)12(6)7/h13-14H,1-2H2,3-7H3. The van der Waals surface area contributed by atoms with Gasteiger partial charge < -0.3 is 10.2 Å². The van der Waals surface area contributed by atoms with E-state index in [1.807, 2.05) is 39.8 Å². The minimum atomic E-state index is -0.737. The fourth-order valence-corrected chi connectivity index (χ4v) is 1.46. The van der Waals surface area contributed by atoms with E-state index < -0.39 is 11.0 Å². The maximum atomic E-state index is 9.64. The van der Waals surface area contributed by atoms with Crippen LogP contribution in [0.4, 0.5) is 0 Å². The SMILES string of the molecule is C=C(O)C(C)(C)C(C)(C(=C)O)N(C)C. The van der Waals surface area contributed by atoms with Crippen molar-refractivity contribution in [2.45, 2.75) is 26.3 Å². The molecular weight excluding hydrogens is 178 g/mol. The molecule has 14 heavy (non-hydrogen) atoms. The zero-order chi connectivity index (χ0) is 11.7. The number of nitrogens with zero attached hydrogens (tertiary/aromatic N) is 1. The molecule has 0 aliphatic heterocycles. The lowest BCUT2D eigenvalue weighted by atomic mass is 9.70. The molecule has 0 rings (SSSR count). The molecule has 0 bridgehead atoms. The van der Waals surface area contributed by atoms with Gasteiger partial charge >= 0.3 is 0 Å². The van der Waals surface area contributed by atoms with Crippen molar-refractivity contribution in [1.29, 1.82) is 0 Å². The average molecular weight is 199 g/mol. The molecule has 0 aliphatic carbocycles. The summed E-state index contributed by atoms with van der Waals surface area (Å²) in [7, 11) is 3.65. The number of likely N-dealkylation sites (N-methyl/N-ethyl adjacent to an activating group) is 1. The van der Waals surface area contributed by atoms with Gasteiger partial charge in [0.2, 0.25) is 0 Å². The molecular formula is C11H21NO2. The highest BCUT2D eigenvalue weighted by molar-refractivity contribution is 5.21. The molecule has 3 heteroatoms. The predicted octanol–water partition coefficient (Wildman–Crippen LogP) is 2.48. The summed E-state index contributed by atoms with van der Waals surface area (Å²) in [5.74, 6) is 0.0478. The highest BCUT2D eigenvalue weighted by Gasteiger charge is 2.47. The summed E-state index contributed by atoms with van der Waals surface area (Å²) in [6.45, 7) is 12.5. The molecule has 0 radical (unpaired) electrons. The second-order valence-electron chi connectivity index (χ2n) is 4.49. The third-order valence-electron chi connectivity index (χ3n) is 3.39. The Hall–Kier alpha value is -0.960. The lowest BCUT2D eigenvalue weighted by Gasteiger charge is -2.47. The van der Waals surface area contributed by atoms with Gasteiger partial charge in [0.15, 0.2) is 0 Å². The van der Waals surface area contributed by atoms with Crippen LogP contribution in [0.2, 0.25) is 0 Å². The highest BCUT2D eigenvalue weighted by atomic mass is 16.3. The van der Waals surface area contributed by atoms with Crippen LogP contribution >= 0.6 is 0 Å². The van der Waals surface area contributed by atoms with Crippen LogP contribution in [0.3, 0.4) is 0 Å². The third-order valence-corrected chi connectivity index (χ3v) is 3.39. The van der Waals surface area contributed by atoms with E-state index in [0.717, 1.165) is 0 Å². The molecule has 82 valence electrons. The molecule has 0 aromatic rings. The molecule has 0 aliphatic rings. The number of aliphatic hydroxyl groups excluding tert-OH is 2. The number of hydrogen-bond donors (Lipinski definition) is 2. The fourth-order valence-electron chi connectivity index (χ4n) is 1.46. The molecule has 3 nitrogen and oxygen atoms in total. The normalized spacial score (nSPS) is 16.4. The largest absolute Gasteiger partial charge is 0.512 e. The Morgan fingerprint density at radius 3 is 1.43 bits per heavy atom. The summed E-state index contributed by atoms with van der Waals surface area (Å²) >= 11 is 0. The van der Waals surface area contributed by atoms with E-state index in [1.165, 1.54) is 0 Å². The van der Waals surface area contributed by atoms with Crippen LogP contribution in [0.1, 0.15) is 20.8 Å². The van der Waals surface area contributed by atoms with E-state index in [0.29, 0.717) is 0 Å². The lowest BCUT2D eigenvalue weighted by Crippen LogP contribution is -2.54. The van der Waals surface area contributed by atoms with Crippen LogP contribution in [0, 0.1) is 5.41 Å². The van der Waals surface area contributed by atoms with Crippen LogP contribution in [0.15, 0.2) is 24.7 Å². The van der Waals surface area contributed by atoms with Gasteiger partial charge in [0, 0.05) is 5.41 Å². The van der Waals surface area contributed by atoms with Crippen molar-refractivity contribution in [3.8, 4) is 0 Å². The van der Waals surface area contributed by atoms with Crippen molar-refractivity contribution in [2.75, 3.05) is 14.1 Å². The summed E-state index contributed by atoms with van der Waals surface area (Å²) in [5, 5.41) is 19.2. The van der Waals surface area contributed by atoms with Crippen LogP contribution in [-0.2, 0) is 0 Å². The van der Waals surface area contributed by atoms with Gasteiger partial charge in [-0.15, -0.1) is 0 Å². The van der Waals surface area contributed by atoms with Gasteiger partial charge in [-0.2, -0.15) is 0 Å². The zero-order valence-corrected chi connectivity index (χ0v) is 9.76. The van der Waals surface area contributed by atoms with Crippen molar-refractivity contribution < 1.29 is 10.2 Å². The molecule has 0 amide bonds. The third kappa shape index (κ3) is 1.64. The second kappa shape index (κ2) is 3.65. The minimum absolute atomic E-state index is 0.0164. The van der Waals surface area contributed by atoms with E-state index in [9.17, 15) is 10.2 Å². The Balaban J connectivity index is 5.43. The van der Waals surface area contributed by atoms with Gasteiger partial charge in [-0.1, -0.05) is 27.0 Å². The van der Waals surface area contributed by atoms with Gasteiger partial charge in [-0.25, -0.2) is 0 Å². The molecule has 0 saturated heterocycles. The van der Waals surface area contributed by atoms with E-state index >= 15 is 0 Å². The minimum Gasteiger partial charge on any atom is -0.512 e. The monoisotopic (exact) mass is 199 g/mol. The van der Waals surface area contributed by atoms with E-state index in [-0.39, 0.29) is 11.5 Å². The zero-order valence-electron chi connectivity index (χ0n) is 9.76. The number of rotatable bonds is 4. The highest BCUT2D eigenvalue weighted by Crippen LogP contribution is 2.42. The smallest absolute Gasteiger partial charge is 0.106 e. The van der Waals surface area contributed by atoms with Crippen molar-refractivity contribution in [3.05, 3.63) is 24.7 Å². The first-order valence-corrected chi connectivity index (χ1v) is 4.52. The summed E-state index contributed by atoms with van der Waals surface area (Å²) in [4.78, 5) is 1.82. The maximum Gasteiger partial charge on any atom is 0.106 e. The molecule has 0 spiro atoms. The summed E-state index contributed by atoms with van der Waals surface area (Å²) < 4.78 is 0. The number of aliphatic hydroxyl groups is 2. The van der Waals surface area contributed by atoms with E-state index in [1.54, 1.807) is 0 Å². The van der Waals surface area contributed by atoms with Gasteiger partial charge in [-0.3, -0.25) is 4.90 Å². The quantitative estimate of drug-likeness (QED) is 0.684. The Morgan fingerprint density at radius 2 is 1.36 bits per heavy atom. The van der Waals surface area contributed by atoms with Gasteiger partial charge in [-0.05, 0) is 21.0 Å². The summed E-state index contributed by atoms with van der Waals surface area (Å²) in [6.07, 6.45) is 0. The van der Waals surface area contributed by atoms with E-state index in [4.69, 9.17) is 0 Å². The Kier molecular flexibility index (Phi) is 3.40. The molecule has 1 atom stereocenters. The summed E-state index contributed by atoms with van der Waals surface area (Å²) in [6, 6.07) is 0. The first kappa shape index (κ1) is 13.0. The molecule has 0 aromatic heterocycles. The number of hydrogen-bond acceptors (Lipinski definition) is 3. The average Bonchev–Trinajstić information content (AvgIpc) is 2.01. The maximum absolute atomic E-state index is 9.64. The Bertz CT molecular complexity index is 256. The van der Waals surface area contributed by atoms with Crippen molar-refractivity contribution in [1.82, 2.24) is 4.90 Å². The Labute approximate surface area is 86.4 Å². The Morgan fingerprint density at radius 1 is 1.00 bits per heavy atom. The molecule has 0 fully saturated rings. The molecule has 0 heterocycles. The first-order chi connectivity index (χ1) is 6.08. The van der Waals surface area contributed by atoms with Gasteiger partial charge in [0.25, 0.3) is 0 Å². The van der Waals surface area contributed by atoms with E-state index in [2.05, 4.69) is 13.2 Å². The van der Waals surface area contributed by atoms with Crippen molar-refractivity contribution in [2.24, 2.45) is 5.41 Å². The van der Waals surface area contributed by atoms with Crippen molar-refractivity contribution in [3.63, 3.8) is 0 Å². The fraction of sp³-hybridized carbons (Fsp3) is 0.636. The molecule has 1 unspecified atom stereocenters. The molecule has 0 aromatic carbocycles. The van der Waals surface area contributed by atoms with Crippen LogP contribution in [-0.4, -0.2) is 34.7 Å². The van der Waals surface area contributed by atoms with Crippen LogP contribution < -0.4 is 0 Å².